The molecule has 0 spiro atoms. The summed E-state index contributed by atoms with van der Waals surface area (Å²) in [4.78, 5) is 10.3. The molecule has 0 radical (unpaired) electrons. The number of halogens is 3. The maximum Gasteiger partial charge on any atom is 0.387 e. The van der Waals surface area contributed by atoms with Crippen molar-refractivity contribution in [3.63, 3.8) is 0 Å². The van der Waals surface area contributed by atoms with E-state index in [1.54, 1.807) is 0 Å². The van der Waals surface area contributed by atoms with Gasteiger partial charge in [-0.1, -0.05) is 0 Å². The van der Waals surface area contributed by atoms with Gasteiger partial charge in [0, 0.05) is 11.6 Å². The Kier molecular flexibility index (Phi) is 4.32. The molecule has 1 rings (SSSR count). The number of ether oxygens (including phenoxy) is 1. The normalized spacial score (nSPS) is 10.6. The molecule has 0 aromatic heterocycles. The summed E-state index contributed by atoms with van der Waals surface area (Å²) in [6.45, 7) is -3.17. The molecule has 0 atom stereocenters. The van der Waals surface area contributed by atoms with Crippen LogP contribution in [0.5, 0.6) is 5.75 Å². The van der Waals surface area contributed by atoms with Gasteiger partial charge in [-0.3, -0.25) is 0 Å². The molecule has 1 N–H and O–H groups in total. The van der Waals surface area contributed by atoms with Crippen LogP contribution in [0.1, 0.15) is 11.1 Å². The first-order valence-corrected chi connectivity index (χ1v) is 4.53. The fourth-order valence-electron chi connectivity index (χ4n) is 1.14. The molecule has 0 aliphatic carbocycles. The predicted molar refractivity (Wildman–Crippen MR) is 54.4 cm³/mol. The SMILES string of the molecule is N#Cc1cc(F)c(/C=C/C(=O)O)cc1OC(F)F. The molecule has 1 aromatic carbocycles. The highest BCUT2D eigenvalue weighted by Crippen LogP contribution is 2.25. The highest BCUT2D eigenvalue weighted by atomic mass is 19.3. The Balaban J connectivity index is 3.21. The monoisotopic (exact) mass is 257 g/mol. The lowest BCUT2D eigenvalue weighted by molar-refractivity contribution is -0.131. The molecule has 7 heteroatoms. The Morgan fingerprint density at radius 1 is 1.50 bits per heavy atom. The van der Waals surface area contributed by atoms with Gasteiger partial charge in [0.15, 0.2) is 0 Å². The van der Waals surface area contributed by atoms with Gasteiger partial charge in [-0.15, -0.1) is 0 Å². The van der Waals surface area contributed by atoms with Crippen molar-refractivity contribution >= 4 is 12.0 Å². The lowest BCUT2D eigenvalue weighted by Crippen LogP contribution is -2.04. The molecule has 0 amide bonds. The van der Waals surface area contributed by atoms with Crippen LogP contribution in [0.3, 0.4) is 0 Å². The van der Waals surface area contributed by atoms with E-state index in [-0.39, 0.29) is 5.56 Å². The van der Waals surface area contributed by atoms with Gasteiger partial charge in [0.1, 0.15) is 17.6 Å². The van der Waals surface area contributed by atoms with Gasteiger partial charge in [0.2, 0.25) is 0 Å². The van der Waals surface area contributed by atoms with E-state index in [0.29, 0.717) is 12.1 Å². The average Bonchev–Trinajstić information content (AvgIpc) is 2.28. The van der Waals surface area contributed by atoms with Gasteiger partial charge in [-0.05, 0) is 18.2 Å². The molecule has 0 saturated carbocycles. The van der Waals surface area contributed by atoms with Crippen LogP contribution < -0.4 is 4.74 Å². The minimum atomic E-state index is -3.17. The molecular weight excluding hydrogens is 251 g/mol. The molecule has 4 nitrogen and oxygen atoms in total. The van der Waals surface area contributed by atoms with Gasteiger partial charge in [-0.25, -0.2) is 9.18 Å². The standard InChI is InChI=1S/C11H6F3NO3/c12-8-3-7(5-15)9(18-11(13)14)4-6(8)1-2-10(16)17/h1-4,11H,(H,16,17)/b2-1+. The van der Waals surface area contributed by atoms with E-state index in [2.05, 4.69) is 4.74 Å². The Morgan fingerprint density at radius 3 is 2.67 bits per heavy atom. The van der Waals surface area contributed by atoms with Crippen LogP contribution in [-0.4, -0.2) is 17.7 Å². The zero-order valence-electron chi connectivity index (χ0n) is 8.73. The van der Waals surface area contributed by atoms with E-state index in [1.807, 2.05) is 0 Å². The lowest BCUT2D eigenvalue weighted by atomic mass is 10.1. The van der Waals surface area contributed by atoms with Crippen LogP contribution in [0.2, 0.25) is 0 Å². The maximum absolute atomic E-state index is 13.4. The second kappa shape index (κ2) is 5.72. The van der Waals surface area contributed by atoms with E-state index >= 15 is 0 Å². The summed E-state index contributed by atoms with van der Waals surface area (Å²) in [6.07, 6.45) is 1.51. The highest BCUT2D eigenvalue weighted by molar-refractivity contribution is 5.85. The summed E-state index contributed by atoms with van der Waals surface area (Å²) >= 11 is 0. The van der Waals surface area contributed by atoms with E-state index in [4.69, 9.17) is 10.4 Å². The van der Waals surface area contributed by atoms with Gasteiger partial charge >= 0.3 is 12.6 Å². The number of carboxylic acids is 1. The van der Waals surface area contributed by atoms with Gasteiger partial charge in [0.05, 0.1) is 5.56 Å². The van der Waals surface area contributed by atoms with Crippen molar-refractivity contribution in [1.82, 2.24) is 0 Å². The third-order valence-corrected chi connectivity index (χ3v) is 1.84. The van der Waals surface area contributed by atoms with Crippen LogP contribution in [0, 0.1) is 17.1 Å². The zero-order valence-corrected chi connectivity index (χ0v) is 8.73. The number of rotatable bonds is 4. The van der Waals surface area contributed by atoms with Crippen LogP contribution in [-0.2, 0) is 4.79 Å². The molecule has 1 aromatic rings. The van der Waals surface area contributed by atoms with Crippen molar-refractivity contribution in [2.24, 2.45) is 0 Å². The Labute approximate surface area is 99.5 Å². The highest BCUT2D eigenvalue weighted by Gasteiger charge is 2.13. The maximum atomic E-state index is 13.4. The molecular formula is C11H6F3NO3. The zero-order chi connectivity index (χ0) is 13.7. The summed E-state index contributed by atoms with van der Waals surface area (Å²) in [5, 5.41) is 17.0. The van der Waals surface area contributed by atoms with Crippen LogP contribution in [0.4, 0.5) is 13.2 Å². The largest absolute Gasteiger partial charge is 0.478 e. The topological polar surface area (TPSA) is 70.3 Å². The molecule has 0 unspecified atom stereocenters. The smallest absolute Gasteiger partial charge is 0.387 e. The van der Waals surface area contributed by atoms with Crippen LogP contribution >= 0.6 is 0 Å². The van der Waals surface area contributed by atoms with Crippen molar-refractivity contribution in [2.75, 3.05) is 0 Å². The first kappa shape index (κ1) is 13.6. The number of hydrogen-bond acceptors (Lipinski definition) is 3. The summed E-state index contributed by atoms with van der Waals surface area (Å²) in [5.74, 6) is -2.75. The second-order valence-corrected chi connectivity index (χ2v) is 3.03. The molecule has 18 heavy (non-hydrogen) atoms. The third-order valence-electron chi connectivity index (χ3n) is 1.84. The van der Waals surface area contributed by atoms with Gasteiger partial charge < -0.3 is 9.84 Å². The van der Waals surface area contributed by atoms with Crippen molar-refractivity contribution in [1.29, 1.82) is 5.26 Å². The number of benzene rings is 1. The number of nitriles is 1. The number of hydrogen-bond donors (Lipinski definition) is 1. The molecule has 0 aliphatic rings. The Bertz CT molecular complexity index is 535. The summed E-state index contributed by atoms with van der Waals surface area (Å²) in [6, 6.07) is 3.02. The molecule has 0 heterocycles. The van der Waals surface area contributed by atoms with Crippen LogP contribution in [0.15, 0.2) is 18.2 Å². The fourth-order valence-corrected chi connectivity index (χ4v) is 1.14. The summed E-state index contributed by atoms with van der Waals surface area (Å²) in [7, 11) is 0. The number of alkyl halides is 2. The first-order valence-electron chi connectivity index (χ1n) is 4.53. The first-order chi connectivity index (χ1) is 8.43. The Morgan fingerprint density at radius 2 is 2.17 bits per heavy atom. The quantitative estimate of drug-likeness (QED) is 0.841. The van der Waals surface area contributed by atoms with E-state index in [0.717, 1.165) is 12.1 Å². The summed E-state index contributed by atoms with van der Waals surface area (Å²) < 4.78 is 41.5. The molecule has 94 valence electrons. The lowest BCUT2D eigenvalue weighted by Gasteiger charge is -2.07. The number of aliphatic carboxylic acids is 1. The minimum absolute atomic E-state index is 0.271. The number of carboxylic acid groups (broad SMARTS) is 1. The molecule has 0 fully saturated rings. The van der Waals surface area contributed by atoms with Gasteiger partial charge in [0.25, 0.3) is 0 Å². The minimum Gasteiger partial charge on any atom is -0.478 e. The van der Waals surface area contributed by atoms with E-state index in [1.165, 1.54) is 6.07 Å². The van der Waals surface area contributed by atoms with Crippen molar-refractivity contribution < 1.29 is 27.8 Å². The van der Waals surface area contributed by atoms with E-state index < -0.39 is 29.7 Å². The number of nitrogens with zero attached hydrogens (tertiary/aromatic N) is 1. The Hall–Kier alpha value is -2.49. The predicted octanol–water partition coefficient (Wildman–Crippen LogP) is 2.40. The van der Waals surface area contributed by atoms with E-state index in [9.17, 15) is 18.0 Å². The van der Waals surface area contributed by atoms with Crippen molar-refractivity contribution in [2.45, 2.75) is 6.61 Å². The second-order valence-electron chi connectivity index (χ2n) is 3.03. The van der Waals surface area contributed by atoms with Crippen LogP contribution in [0.25, 0.3) is 6.08 Å². The molecule has 0 aliphatic heterocycles. The average molecular weight is 257 g/mol. The van der Waals surface area contributed by atoms with Gasteiger partial charge in [-0.2, -0.15) is 14.0 Å². The molecule has 0 saturated heterocycles. The summed E-state index contributed by atoms with van der Waals surface area (Å²) in [5.41, 5.74) is -0.674. The fraction of sp³-hybridized carbons (Fsp3) is 0.0909. The van der Waals surface area contributed by atoms with Crippen molar-refractivity contribution in [3.8, 4) is 11.8 Å². The molecule has 0 bridgehead atoms. The third kappa shape index (κ3) is 3.52. The number of carbonyl (C=O) groups is 1. The van der Waals surface area contributed by atoms with Crippen molar-refractivity contribution in [3.05, 3.63) is 35.2 Å².